The molecule has 2 N–H and O–H groups in total. The molecule has 0 radical (unpaired) electrons. The highest BCUT2D eigenvalue weighted by atomic mass is 127. The summed E-state index contributed by atoms with van der Waals surface area (Å²) in [6, 6.07) is 0.558. The standard InChI is InChI=1S/C18H33N5.HI/c1-6-15-9-8-10-16(11-15)21-18(19-7-2)20-12-17-13(3)22-23(5)14(17)4;/h15-16H,6-12H2,1-5H3,(H2,19,20,21);1H. The molecule has 5 nitrogen and oxygen atoms in total. The van der Waals surface area contributed by atoms with Gasteiger partial charge in [-0.3, -0.25) is 4.68 Å². The fourth-order valence-corrected chi connectivity index (χ4v) is 3.51. The van der Waals surface area contributed by atoms with Gasteiger partial charge in [-0.05, 0) is 39.5 Å². The number of halogens is 1. The molecule has 0 spiro atoms. The third-order valence-electron chi connectivity index (χ3n) is 5.10. The van der Waals surface area contributed by atoms with Gasteiger partial charge in [-0.2, -0.15) is 5.10 Å². The molecule has 0 aliphatic heterocycles. The van der Waals surface area contributed by atoms with Crippen molar-refractivity contribution in [2.45, 2.75) is 72.4 Å². The van der Waals surface area contributed by atoms with Crippen LogP contribution in [0.15, 0.2) is 4.99 Å². The number of hydrogen-bond donors (Lipinski definition) is 2. The second-order valence-corrected chi connectivity index (χ2v) is 6.75. The number of aryl methyl sites for hydroxylation is 2. The predicted molar refractivity (Wildman–Crippen MR) is 112 cm³/mol. The summed E-state index contributed by atoms with van der Waals surface area (Å²) in [5.74, 6) is 1.81. The Balaban J connectivity index is 0.00000288. The van der Waals surface area contributed by atoms with Crippen LogP contribution in [0.1, 0.15) is 62.9 Å². The largest absolute Gasteiger partial charge is 0.357 e. The van der Waals surface area contributed by atoms with Crippen molar-refractivity contribution in [2.75, 3.05) is 6.54 Å². The Bertz CT molecular complexity index is 538. The Hall–Kier alpha value is -0.790. The summed E-state index contributed by atoms with van der Waals surface area (Å²) in [4.78, 5) is 4.80. The van der Waals surface area contributed by atoms with E-state index in [2.05, 4.69) is 43.4 Å². The molecule has 0 aromatic carbocycles. The van der Waals surface area contributed by atoms with Crippen molar-refractivity contribution in [2.24, 2.45) is 18.0 Å². The number of aliphatic imine (C=N–C) groups is 1. The highest BCUT2D eigenvalue weighted by Crippen LogP contribution is 2.26. The fraction of sp³-hybridized carbons (Fsp3) is 0.778. The molecule has 1 fully saturated rings. The van der Waals surface area contributed by atoms with E-state index in [1.807, 2.05) is 11.7 Å². The van der Waals surface area contributed by atoms with Gasteiger partial charge in [0.2, 0.25) is 0 Å². The van der Waals surface area contributed by atoms with E-state index in [-0.39, 0.29) is 24.0 Å². The highest BCUT2D eigenvalue weighted by Gasteiger charge is 2.21. The SMILES string of the molecule is CCNC(=NCc1c(C)nn(C)c1C)NC1CCCC(CC)C1.I. The minimum atomic E-state index is 0. The molecule has 1 aliphatic rings. The first-order valence-electron chi connectivity index (χ1n) is 9.09. The third kappa shape index (κ3) is 5.63. The van der Waals surface area contributed by atoms with E-state index in [1.165, 1.54) is 43.4 Å². The van der Waals surface area contributed by atoms with Gasteiger partial charge in [-0.1, -0.05) is 26.2 Å². The van der Waals surface area contributed by atoms with Crippen LogP contribution in [0.5, 0.6) is 0 Å². The maximum atomic E-state index is 4.80. The molecule has 2 atom stereocenters. The van der Waals surface area contributed by atoms with Crippen molar-refractivity contribution >= 4 is 29.9 Å². The van der Waals surface area contributed by atoms with Crippen LogP contribution in [-0.2, 0) is 13.6 Å². The van der Waals surface area contributed by atoms with Crippen LogP contribution in [0.3, 0.4) is 0 Å². The van der Waals surface area contributed by atoms with Gasteiger partial charge in [-0.15, -0.1) is 24.0 Å². The lowest BCUT2D eigenvalue weighted by Crippen LogP contribution is -2.45. The molecule has 1 aliphatic carbocycles. The summed E-state index contributed by atoms with van der Waals surface area (Å²) in [5, 5.41) is 11.5. The summed E-state index contributed by atoms with van der Waals surface area (Å²) in [5.41, 5.74) is 3.51. The zero-order valence-corrected chi connectivity index (χ0v) is 18.2. The van der Waals surface area contributed by atoms with E-state index in [9.17, 15) is 0 Å². The van der Waals surface area contributed by atoms with Crippen LogP contribution >= 0.6 is 24.0 Å². The number of rotatable bonds is 5. The van der Waals surface area contributed by atoms with Crippen molar-refractivity contribution in [1.82, 2.24) is 20.4 Å². The molecular weight excluding hydrogens is 413 g/mol. The first-order valence-corrected chi connectivity index (χ1v) is 9.09. The molecule has 6 heteroatoms. The van der Waals surface area contributed by atoms with Crippen molar-refractivity contribution in [3.05, 3.63) is 17.0 Å². The van der Waals surface area contributed by atoms with Crippen molar-refractivity contribution in [1.29, 1.82) is 0 Å². The normalized spacial score (nSPS) is 21.3. The Labute approximate surface area is 164 Å². The van der Waals surface area contributed by atoms with Crippen LogP contribution in [0.2, 0.25) is 0 Å². The molecular formula is C18H34IN5. The summed E-state index contributed by atoms with van der Waals surface area (Å²) in [6.45, 7) is 10.2. The molecule has 1 aromatic rings. The number of aromatic nitrogens is 2. The van der Waals surface area contributed by atoms with Crippen LogP contribution in [0.25, 0.3) is 0 Å². The van der Waals surface area contributed by atoms with Gasteiger partial charge in [0.25, 0.3) is 0 Å². The topological polar surface area (TPSA) is 54.2 Å². The van der Waals surface area contributed by atoms with Gasteiger partial charge in [0.1, 0.15) is 0 Å². The second kappa shape index (κ2) is 10.3. The lowest BCUT2D eigenvalue weighted by molar-refractivity contribution is 0.298. The summed E-state index contributed by atoms with van der Waals surface area (Å²) >= 11 is 0. The van der Waals surface area contributed by atoms with E-state index in [0.29, 0.717) is 12.6 Å². The zero-order valence-electron chi connectivity index (χ0n) is 15.9. The monoisotopic (exact) mass is 447 g/mol. The Morgan fingerprint density at radius 3 is 2.62 bits per heavy atom. The van der Waals surface area contributed by atoms with Crippen molar-refractivity contribution < 1.29 is 0 Å². The Kier molecular flexibility index (Phi) is 9.08. The molecule has 1 aromatic heterocycles. The zero-order chi connectivity index (χ0) is 16.8. The molecule has 0 amide bonds. The van der Waals surface area contributed by atoms with E-state index in [1.54, 1.807) is 0 Å². The quantitative estimate of drug-likeness (QED) is 0.412. The summed E-state index contributed by atoms with van der Waals surface area (Å²) in [7, 11) is 1.99. The van der Waals surface area contributed by atoms with Crippen LogP contribution in [0.4, 0.5) is 0 Å². The average Bonchev–Trinajstić information content (AvgIpc) is 2.78. The second-order valence-electron chi connectivity index (χ2n) is 6.75. The lowest BCUT2D eigenvalue weighted by atomic mass is 9.84. The maximum Gasteiger partial charge on any atom is 0.191 e. The van der Waals surface area contributed by atoms with Crippen molar-refractivity contribution in [3.63, 3.8) is 0 Å². The molecule has 2 rings (SSSR count). The number of nitrogens with zero attached hydrogens (tertiary/aromatic N) is 3. The van der Waals surface area contributed by atoms with Crippen LogP contribution < -0.4 is 10.6 Å². The summed E-state index contributed by atoms with van der Waals surface area (Å²) in [6.07, 6.45) is 6.53. The van der Waals surface area contributed by atoms with Crippen LogP contribution in [0, 0.1) is 19.8 Å². The Morgan fingerprint density at radius 2 is 2.04 bits per heavy atom. The van der Waals surface area contributed by atoms with Gasteiger partial charge < -0.3 is 10.6 Å². The predicted octanol–water partition coefficient (Wildman–Crippen LogP) is 3.68. The average molecular weight is 447 g/mol. The molecule has 138 valence electrons. The first kappa shape index (κ1) is 21.3. The molecule has 1 saturated carbocycles. The van der Waals surface area contributed by atoms with Crippen LogP contribution in [-0.4, -0.2) is 28.3 Å². The van der Waals surface area contributed by atoms with E-state index >= 15 is 0 Å². The lowest BCUT2D eigenvalue weighted by Gasteiger charge is -2.30. The number of guanidine groups is 1. The molecule has 1 heterocycles. The van der Waals surface area contributed by atoms with Crippen molar-refractivity contribution in [3.8, 4) is 0 Å². The highest BCUT2D eigenvalue weighted by molar-refractivity contribution is 14.0. The number of hydrogen-bond acceptors (Lipinski definition) is 2. The maximum absolute atomic E-state index is 4.80. The van der Waals surface area contributed by atoms with Gasteiger partial charge in [0, 0.05) is 30.9 Å². The van der Waals surface area contributed by atoms with Gasteiger partial charge in [-0.25, -0.2) is 4.99 Å². The molecule has 0 saturated heterocycles. The van der Waals surface area contributed by atoms with E-state index in [0.717, 1.165) is 24.1 Å². The minimum Gasteiger partial charge on any atom is -0.357 e. The molecule has 0 bridgehead atoms. The Morgan fingerprint density at radius 1 is 1.29 bits per heavy atom. The smallest absolute Gasteiger partial charge is 0.191 e. The van der Waals surface area contributed by atoms with Gasteiger partial charge in [0.15, 0.2) is 5.96 Å². The molecule has 2 unspecified atom stereocenters. The molecule has 24 heavy (non-hydrogen) atoms. The fourth-order valence-electron chi connectivity index (χ4n) is 3.51. The van der Waals surface area contributed by atoms with Gasteiger partial charge >= 0.3 is 0 Å². The number of nitrogens with one attached hydrogen (secondary N) is 2. The first-order chi connectivity index (χ1) is 11.0. The summed E-state index contributed by atoms with van der Waals surface area (Å²) < 4.78 is 1.94. The van der Waals surface area contributed by atoms with E-state index < -0.39 is 0 Å². The third-order valence-corrected chi connectivity index (χ3v) is 5.10. The van der Waals surface area contributed by atoms with Gasteiger partial charge in [0.05, 0.1) is 12.2 Å². The minimum absolute atomic E-state index is 0. The van der Waals surface area contributed by atoms with E-state index in [4.69, 9.17) is 4.99 Å².